The van der Waals surface area contributed by atoms with Crippen LogP contribution in [0.2, 0.25) is 0 Å². The molecule has 1 nitrogen and oxygen atoms in total. The molecule has 2 rings (SSSR count). The molecule has 1 heteroatoms. The van der Waals surface area contributed by atoms with E-state index in [0.717, 1.165) is 12.5 Å². The van der Waals surface area contributed by atoms with E-state index in [2.05, 4.69) is 58.1 Å². The van der Waals surface area contributed by atoms with E-state index in [1.165, 1.54) is 42.4 Å². The number of hydrogen-bond donors (Lipinski definition) is 1. The standard InChI is InChI=1S/C19H31N/c1-6-20-18(17-8-7-9-19(17,4)5)13-16-11-14(2)10-15(3)12-16/h10-12,17-18,20H,6-9,13H2,1-5H3. The molecule has 1 fully saturated rings. The molecule has 0 bridgehead atoms. The van der Waals surface area contributed by atoms with E-state index in [1.54, 1.807) is 0 Å². The maximum Gasteiger partial charge on any atom is 0.0141 e. The SMILES string of the molecule is CCNC(Cc1cc(C)cc(C)c1)C1CCCC1(C)C. The van der Waals surface area contributed by atoms with Crippen molar-refractivity contribution in [3.63, 3.8) is 0 Å². The van der Waals surface area contributed by atoms with E-state index >= 15 is 0 Å². The van der Waals surface area contributed by atoms with Gasteiger partial charge in [0.25, 0.3) is 0 Å². The summed E-state index contributed by atoms with van der Waals surface area (Å²) in [5.74, 6) is 0.809. The average molecular weight is 273 g/mol. The van der Waals surface area contributed by atoms with E-state index < -0.39 is 0 Å². The number of likely N-dealkylation sites (N-methyl/N-ethyl adjacent to an activating group) is 1. The van der Waals surface area contributed by atoms with Crippen LogP contribution in [0.4, 0.5) is 0 Å². The van der Waals surface area contributed by atoms with Crippen LogP contribution in [0.1, 0.15) is 56.7 Å². The molecule has 0 radical (unpaired) electrons. The molecule has 1 aliphatic rings. The molecule has 1 N–H and O–H groups in total. The zero-order valence-corrected chi connectivity index (χ0v) is 13.9. The number of nitrogens with one attached hydrogen (secondary N) is 1. The molecule has 0 aliphatic heterocycles. The number of hydrogen-bond acceptors (Lipinski definition) is 1. The van der Waals surface area contributed by atoms with Crippen molar-refractivity contribution < 1.29 is 0 Å². The predicted octanol–water partition coefficient (Wildman–Crippen LogP) is 4.65. The molecule has 2 atom stereocenters. The molecule has 2 unspecified atom stereocenters. The van der Waals surface area contributed by atoms with Crippen molar-refractivity contribution in [2.75, 3.05) is 6.54 Å². The number of benzene rings is 1. The van der Waals surface area contributed by atoms with Crippen LogP contribution >= 0.6 is 0 Å². The van der Waals surface area contributed by atoms with Gasteiger partial charge in [0.1, 0.15) is 0 Å². The Balaban J connectivity index is 2.16. The summed E-state index contributed by atoms with van der Waals surface area (Å²) in [6.45, 7) is 12.6. The lowest BCUT2D eigenvalue weighted by Crippen LogP contribution is -2.42. The first kappa shape index (κ1) is 15.6. The van der Waals surface area contributed by atoms with E-state index in [-0.39, 0.29) is 0 Å². The summed E-state index contributed by atoms with van der Waals surface area (Å²) in [7, 11) is 0. The van der Waals surface area contributed by atoms with E-state index in [1.807, 2.05) is 0 Å². The van der Waals surface area contributed by atoms with Crippen LogP contribution in [0.5, 0.6) is 0 Å². The fraction of sp³-hybridized carbons (Fsp3) is 0.684. The summed E-state index contributed by atoms with van der Waals surface area (Å²) in [4.78, 5) is 0. The van der Waals surface area contributed by atoms with Gasteiger partial charge in [-0.15, -0.1) is 0 Å². The quantitative estimate of drug-likeness (QED) is 0.823. The average Bonchev–Trinajstić information content (AvgIpc) is 2.67. The third-order valence-electron chi connectivity index (χ3n) is 5.03. The predicted molar refractivity (Wildman–Crippen MR) is 88.2 cm³/mol. The third kappa shape index (κ3) is 3.63. The summed E-state index contributed by atoms with van der Waals surface area (Å²) in [6.07, 6.45) is 5.33. The molecule has 20 heavy (non-hydrogen) atoms. The Bertz CT molecular complexity index is 427. The molecular weight excluding hydrogens is 242 g/mol. The monoisotopic (exact) mass is 273 g/mol. The highest BCUT2D eigenvalue weighted by molar-refractivity contribution is 5.29. The van der Waals surface area contributed by atoms with Crippen molar-refractivity contribution in [2.45, 2.75) is 66.3 Å². The molecule has 1 aliphatic carbocycles. The first-order valence-corrected chi connectivity index (χ1v) is 8.23. The van der Waals surface area contributed by atoms with Gasteiger partial charge in [-0.2, -0.15) is 0 Å². The molecule has 0 spiro atoms. The molecule has 112 valence electrons. The zero-order valence-electron chi connectivity index (χ0n) is 13.9. The molecule has 0 heterocycles. The van der Waals surface area contributed by atoms with Crippen LogP contribution in [-0.2, 0) is 6.42 Å². The van der Waals surface area contributed by atoms with Crippen molar-refractivity contribution >= 4 is 0 Å². The summed E-state index contributed by atoms with van der Waals surface area (Å²) >= 11 is 0. The topological polar surface area (TPSA) is 12.0 Å². The Hall–Kier alpha value is -0.820. The lowest BCUT2D eigenvalue weighted by Gasteiger charge is -2.35. The molecule has 0 saturated heterocycles. The van der Waals surface area contributed by atoms with Crippen LogP contribution in [0.25, 0.3) is 0 Å². The van der Waals surface area contributed by atoms with Gasteiger partial charge in [-0.25, -0.2) is 0 Å². The Morgan fingerprint density at radius 2 is 1.85 bits per heavy atom. The summed E-state index contributed by atoms with van der Waals surface area (Å²) < 4.78 is 0. The molecular formula is C19H31N. The minimum Gasteiger partial charge on any atom is -0.314 e. The number of rotatable bonds is 5. The molecule has 1 saturated carbocycles. The summed E-state index contributed by atoms with van der Waals surface area (Å²) in [6, 6.07) is 7.61. The van der Waals surface area contributed by atoms with Gasteiger partial charge in [0, 0.05) is 6.04 Å². The lowest BCUT2D eigenvalue weighted by atomic mass is 9.75. The van der Waals surface area contributed by atoms with Crippen molar-refractivity contribution in [3.05, 3.63) is 34.9 Å². The van der Waals surface area contributed by atoms with Crippen molar-refractivity contribution in [3.8, 4) is 0 Å². The van der Waals surface area contributed by atoms with Crippen molar-refractivity contribution in [1.82, 2.24) is 5.32 Å². The van der Waals surface area contributed by atoms with Gasteiger partial charge in [0.15, 0.2) is 0 Å². The fourth-order valence-corrected chi connectivity index (χ4v) is 4.16. The minimum atomic E-state index is 0.492. The minimum absolute atomic E-state index is 0.492. The Morgan fingerprint density at radius 3 is 2.35 bits per heavy atom. The molecule has 0 aromatic heterocycles. The third-order valence-corrected chi connectivity index (χ3v) is 5.03. The van der Waals surface area contributed by atoms with Crippen LogP contribution < -0.4 is 5.32 Å². The van der Waals surface area contributed by atoms with Gasteiger partial charge in [-0.05, 0) is 56.6 Å². The van der Waals surface area contributed by atoms with E-state index in [4.69, 9.17) is 0 Å². The van der Waals surface area contributed by atoms with Crippen LogP contribution in [0.15, 0.2) is 18.2 Å². The molecule has 1 aromatic rings. The second-order valence-electron chi connectivity index (χ2n) is 7.35. The van der Waals surface area contributed by atoms with E-state index in [0.29, 0.717) is 11.5 Å². The zero-order chi connectivity index (χ0) is 14.8. The van der Waals surface area contributed by atoms with Gasteiger partial charge in [-0.3, -0.25) is 0 Å². The number of aryl methyl sites for hydroxylation is 2. The first-order chi connectivity index (χ1) is 9.42. The summed E-state index contributed by atoms with van der Waals surface area (Å²) in [5, 5.41) is 3.77. The van der Waals surface area contributed by atoms with Crippen LogP contribution in [0, 0.1) is 25.2 Å². The lowest BCUT2D eigenvalue weighted by molar-refractivity contribution is 0.197. The van der Waals surface area contributed by atoms with Gasteiger partial charge in [-0.1, -0.05) is 56.5 Å². The van der Waals surface area contributed by atoms with Crippen molar-refractivity contribution in [1.29, 1.82) is 0 Å². The maximum absolute atomic E-state index is 3.77. The van der Waals surface area contributed by atoms with Gasteiger partial charge < -0.3 is 5.32 Å². The Kier molecular flexibility index (Phi) is 4.90. The first-order valence-electron chi connectivity index (χ1n) is 8.23. The second kappa shape index (κ2) is 6.30. The van der Waals surface area contributed by atoms with Crippen molar-refractivity contribution in [2.24, 2.45) is 11.3 Å². The van der Waals surface area contributed by atoms with E-state index in [9.17, 15) is 0 Å². The highest BCUT2D eigenvalue weighted by Crippen LogP contribution is 2.45. The van der Waals surface area contributed by atoms with Gasteiger partial charge in [0.2, 0.25) is 0 Å². The van der Waals surface area contributed by atoms with Gasteiger partial charge in [0.05, 0.1) is 0 Å². The Morgan fingerprint density at radius 1 is 1.20 bits per heavy atom. The highest BCUT2D eigenvalue weighted by atomic mass is 14.9. The smallest absolute Gasteiger partial charge is 0.0141 e. The second-order valence-corrected chi connectivity index (χ2v) is 7.35. The Labute approximate surface area is 125 Å². The van der Waals surface area contributed by atoms with Gasteiger partial charge >= 0.3 is 0 Å². The normalized spacial score (nSPS) is 22.9. The maximum atomic E-state index is 3.77. The molecule has 1 aromatic carbocycles. The summed E-state index contributed by atoms with van der Waals surface area (Å²) in [5.41, 5.74) is 4.77. The fourth-order valence-electron chi connectivity index (χ4n) is 4.16. The van der Waals surface area contributed by atoms with Crippen LogP contribution in [-0.4, -0.2) is 12.6 Å². The largest absolute Gasteiger partial charge is 0.314 e. The highest BCUT2D eigenvalue weighted by Gasteiger charge is 2.39. The van der Waals surface area contributed by atoms with Crippen LogP contribution in [0.3, 0.4) is 0 Å². The molecule has 0 amide bonds.